The Morgan fingerprint density at radius 2 is 2.35 bits per heavy atom. The van der Waals surface area contributed by atoms with Gasteiger partial charge in [0.25, 0.3) is 0 Å². The van der Waals surface area contributed by atoms with Crippen molar-refractivity contribution in [1.82, 2.24) is 14.9 Å². The number of ether oxygens (including phenoxy) is 1. The number of morpholine rings is 1. The Labute approximate surface area is 117 Å². The Kier molecular flexibility index (Phi) is 3.79. The van der Waals surface area contributed by atoms with Crippen LogP contribution in [0.25, 0.3) is 0 Å². The number of anilines is 1. The van der Waals surface area contributed by atoms with Crippen LogP contribution in [0.4, 0.5) is 5.82 Å². The highest BCUT2D eigenvalue weighted by molar-refractivity contribution is 5.90. The van der Waals surface area contributed by atoms with Crippen molar-refractivity contribution in [2.45, 2.75) is 25.0 Å². The monoisotopic (exact) mass is 278 g/mol. The number of nitrogens with zero attached hydrogens (tertiary/aromatic N) is 3. The zero-order chi connectivity index (χ0) is 13.9. The first-order chi connectivity index (χ1) is 9.74. The van der Waals surface area contributed by atoms with Crippen LogP contribution < -0.4 is 5.32 Å². The quantitative estimate of drug-likeness (QED) is 0.826. The molecule has 3 rings (SSSR count). The van der Waals surface area contributed by atoms with Gasteiger partial charge in [-0.05, 0) is 19.4 Å². The van der Waals surface area contributed by atoms with E-state index in [0.717, 1.165) is 19.7 Å². The first-order valence-electron chi connectivity index (χ1n) is 6.88. The van der Waals surface area contributed by atoms with E-state index in [0.29, 0.717) is 18.4 Å². The standard InChI is InChI=1S/C13H18N4O3/c18-13(19)11-12(15-4-3-14-11)16-6-10-7-17-5-1-2-9(17)8-20-10/h3-4,9-10H,1-2,5-8H2,(H,15,16)(H,18,19). The van der Waals surface area contributed by atoms with E-state index < -0.39 is 5.97 Å². The Hall–Kier alpha value is -1.73. The molecular formula is C13H18N4O3. The summed E-state index contributed by atoms with van der Waals surface area (Å²) >= 11 is 0. The molecule has 2 N–H and O–H groups in total. The van der Waals surface area contributed by atoms with Crippen LogP contribution in [-0.2, 0) is 4.74 Å². The Morgan fingerprint density at radius 3 is 3.20 bits per heavy atom. The number of nitrogens with one attached hydrogen (secondary N) is 1. The zero-order valence-electron chi connectivity index (χ0n) is 11.2. The third kappa shape index (κ3) is 2.73. The van der Waals surface area contributed by atoms with E-state index in [-0.39, 0.29) is 11.8 Å². The summed E-state index contributed by atoms with van der Waals surface area (Å²) < 4.78 is 5.81. The van der Waals surface area contributed by atoms with Crippen molar-refractivity contribution in [3.8, 4) is 0 Å². The van der Waals surface area contributed by atoms with Crippen molar-refractivity contribution >= 4 is 11.8 Å². The van der Waals surface area contributed by atoms with Gasteiger partial charge in [0.15, 0.2) is 11.5 Å². The Morgan fingerprint density at radius 1 is 1.50 bits per heavy atom. The van der Waals surface area contributed by atoms with Crippen LogP contribution in [0.5, 0.6) is 0 Å². The summed E-state index contributed by atoms with van der Waals surface area (Å²) in [6.07, 6.45) is 5.37. The molecule has 0 spiro atoms. The number of carboxylic acids is 1. The first-order valence-corrected chi connectivity index (χ1v) is 6.88. The van der Waals surface area contributed by atoms with E-state index in [4.69, 9.17) is 9.84 Å². The van der Waals surface area contributed by atoms with E-state index in [1.54, 1.807) is 0 Å². The van der Waals surface area contributed by atoms with E-state index in [1.807, 2.05) is 0 Å². The molecule has 1 aromatic heterocycles. The van der Waals surface area contributed by atoms with Crippen molar-refractivity contribution in [3.63, 3.8) is 0 Å². The largest absolute Gasteiger partial charge is 0.476 e. The lowest BCUT2D eigenvalue weighted by Crippen LogP contribution is -2.48. The summed E-state index contributed by atoms with van der Waals surface area (Å²) in [6, 6.07) is 0.567. The second-order valence-electron chi connectivity index (χ2n) is 5.19. The van der Waals surface area contributed by atoms with Crippen LogP contribution in [-0.4, -0.2) is 64.3 Å². The zero-order valence-corrected chi connectivity index (χ0v) is 11.2. The smallest absolute Gasteiger partial charge is 0.358 e. The minimum absolute atomic E-state index is 0.0534. The highest BCUT2D eigenvalue weighted by Crippen LogP contribution is 2.22. The highest BCUT2D eigenvalue weighted by atomic mass is 16.5. The van der Waals surface area contributed by atoms with Crippen molar-refractivity contribution in [1.29, 1.82) is 0 Å². The number of aromatic nitrogens is 2. The third-order valence-electron chi connectivity index (χ3n) is 3.86. The van der Waals surface area contributed by atoms with Gasteiger partial charge >= 0.3 is 5.97 Å². The van der Waals surface area contributed by atoms with Gasteiger partial charge in [-0.25, -0.2) is 14.8 Å². The van der Waals surface area contributed by atoms with Crippen molar-refractivity contribution in [3.05, 3.63) is 18.1 Å². The van der Waals surface area contributed by atoms with E-state index in [9.17, 15) is 4.79 Å². The van der Waals surface area contributed by atoms with E-state index in [1.165, 1.54) is 25.2 Å². The van der Waals surface area contributed by atoms with Gasteiger partial charge in [-0.15, -0.1) is 0 Å². The van der Waals surface area contributed by atoms with Gasteiger partial charge < -0.3 is 15.2 Å². The second kappa shape index (κ2) is 5.72. The van der Waals surface area contributed by atoms with Crippen LogP contribution in [0, 0.1) is 0 Å². The lowest BCUT2D eigenvalue weighted by atomic mass is 10.2. The molecule has 2 aliphatic heterocycles. The number of fused-ring (bicyclic) bond motifs is 1. The Bertz CT molecular complexity index is 496. The fourth-order valence-corrected chi connectivity index (χ4v) is 2.84. The predicted molar refractivity (Wildman–Crippen MR) is 71.8 cm³/mol. The molecule has 0 aliphatic carbocycles. The molecule has 20 heavy (non-hydrogen) atoms. The van der Waals surface area contributed by atoms with Gasteiger partial charge in [0.05, 0.1) is 12.7 Å². The number of rotatable bonds is 4. The van der Waals surface area contributed by atoms with Gasteiger partial charge in [0, 0.05) is 31.5 Å². The average Bonchev–Trinajstić information content (AvgIpc) is 2.92. The minimum atomic E-state index is -1.08. The van der Waals surface area contributed by atoms with E-state index >= 15 is 0 Å². The molecule has 2 atom stereocenters. The van der Waals surface area contributed by atoms with Gasteiger partial charge in [0.2, 0.25) is 0 Å². The first kappa shape index (κ1) is 13.3. The molecule has 0 bridgehead atoms. The second-order valence-corrected chi connectivity index (χ2v) is 5.19. The molecule has 0 amide bonds. The molecule has 0 saturated carbocycles. The molecule has 3 heterocycles. The van der Waals surface area contributed by atoms with Crippen LogP contribution in [0.1, 0.15) is 23.3 Å². The summed E-state index contributed by atoms with van der Waals surface area (Å²) in [4.78, 5) is 21.3. The van der Waals surface area contributed by atoms with Gasteiger partial charge in [-0.3, -0.25) is 4.90 Å². The van der Waals surface area contributed by atoms with Crippen molar-refractivity contribution in [2.24, 2.45) is 0 Å². The molecule has 0 aromatic carbocycles. The number of aromatic carboxylic acids is 1. The molecule has 7 nitrogen and oxygen atoms in total. The highest BCUT2D eigenvalue weighted by Gasteiger charge is 2.32. The summed E-state index contributed by atoms with van der Waals surface area (Å²) in [5, 5.41) is 12.1. The van der Waals surface area contributed by atoms with Crippen molar-refractivity contribution < 1.29 is 14.6 Å². The van der Waals surface area contributed by atoms with Crippen LogP contribution in [0.3, 0.4) is 0 Å². The van der Waals surface area contributed by atoms with Crippen molar-refractivity contribution in [2.75, 3.05) is 31.6 Å². The van der Waals surface area contributed by atoms with Gasteiger partial charge in [-0.1, -0.05) is 0 Å². The molecule has 2 unspecified atom stereocenters. The molecule has 2 saturated heterocycles. The lowest BCUT2D eigenvalue weighted by molar-refractivity contribution is -0.0416. The number of hydrogen-bond acceptors (Lipinski definition) is 6. The molecule has 2 aliphatic rings. The maximum Gasteiger partial charge on any atom is 0.358 e. The maximum atomic E-state index is 11.0. The summed E-state index contributed by atoms with van der Waals surface area (Å²) in [6.45, 7) is 3.33. The van der Waals surface area contributed by atoms with Gasteiger partial charge in [0.1, 0.15) is 0 Å². The molecule has 2 fully saturated rings. The van der Waals surface area contributed by atoms with Crippen LogP contribution >= 0.6 is 0 Å². The molecule has 108 valence electrons. The molecule has 7 heteroatoms. The predicted octanol–water partition coefficient (Wildman–Crippen LogP) is 0.450. The Balaban J connectivity index is 1.58. The summed E-state index contributed by atoms with van der Waals surface area (Å²) in [5.41, 5.74) is -0.0534. The SMILES string of the molecule is O=C(O)c1nccnc1NCC1CN2CCCC2CO1. The topological polar surface area (TPSA) is 87.6 Å². The molecule has 1 aromatic rings. The fraction of sp³-hybridized carbons (Fsp3) is 0.615. The average molecular weight is 278 g/mol. The fourth-order valence-electron chi connectivity index (χ4n) is 2.84. The molecule has 0 radical (unpaired) electrons. The number of carboxylic acid groups (broad SMARTS) is 1. The lowest BCUT2D eigenvalue weighted by Gasteiger charge is -2.35. The van der Waals surface area contributed by atoms with E-state index in [2.05, 4.69) is 20.2 Å². The minimum Gasteiger partial charge on any atom is -0.476 e. The van der Waals surface area contributed by atoms with Crippen LogP contribution in [0.15, 0.2) is 12.4 Å². The number of hydrogen-bond donors (Lipinski definition) is 2. The maximum absolute atomic E-state index is 11.0. The van der Waals surface area contributed by atoms with Crippen LogP contribution in [0.2, 0.25) is 0 Å². The summed E-state index contributed by atoms with van der Waals surface area (Å²) in [7, 11) is 0. The summed E-state index contributed by atoms with van der Waals surface area (Å²) in [5.74, 6) is -0.781. The molecular weight excluding hydrogens is 260 g/mol. The number of carbonyl (C=O) groups is 1. The normalized spacial score (nSPS) is 26.2. The third-order valence-corrected chi connectivity index (χ3v) is 3.86. The van der Waals surface area contributed by atoms with Gasteiger partial charge in [-0.2, -0.15) is 0 Å².